The van der Waals surface area contributed by atoms with Crippen molar-refractivity contribution in [3.63, 3.8) is 0 Å². The molecule has 0 aliphatic carbocycles. The number of aryl methyl sites for hydroxylation is 1. The zero-order valence-electron chi connectivity index (χ0n) is 8.54. The number of Topliss-reactive ketones (excluding diaryl/α,β-unsaturated/α-hetero) is 1. The van der Waals surface area contributed by atoms with Gasteiger partial charge in [0.1, 0.15) is 0 Å². The van der Waals surface area contributed by atoms with E-state index in [1.165, 1.54) is 0 Å². The molecule has 0 aromatic carbocycles. The average molecular weight is 209 g/mol. The lowest BCUT2D eigenvalue weighted by atomic mass is 9.84. The molecule has 1 aliphatic heterocycles. The minimum absolute atomic E-state index is 0.171. The van der Waals surface area contributed by atoms with Gasteiger partial charge in [-0.1, -0.05) is 6.92 Å². The Kier molecular flexibility index (Phi) is 2.70. The second-order valence-electron chi connectivity index (χ2n) is 3.96. The summed E-state index contributed by atoms with van der Waals surface area (Å²) >= 11 is 1.65. The molecule has 1 fully saturated rings. The Bertz CT molecular complexity index is 341. The van der Waals surface area contributed by atoms with Gasteiger partial charge < -0.3 is 5.32 Å². The van der Waals surface area contributed by atoms with Crippen LogP contribution in [0.5, 0.6) is 0 Å². The van der Waals surface area contributed by atoms with Gasteiger partial charge in [-0.15, -0.1) is 11.3 Å². The largest absolute Gasteiger partial charge is 0.316 e. The number of ketones is 1. The van der Waals surface area contributed by atoms with Crippen LogP contribution in [-0.4, -0.2) is 18.9 Å². The summed E-state index contributed by atoms with van der Waals surface area (Å²) in [4.78, 5) is 13.2. The summed E-state index contributed by atoms with van der Waals surface area (Å²) in [5.41, 5.74) is 0.925. The number of carbonyl (C=O) groups is 1. The van der Waals surface area contributed by atoms with Crippen LogP contribution in [-0.2, 0) is 0 Å². The van der Waals surface area contributed by atoms with Crippen LogP contribution in [0.2, 0.25) is 0 Å². The summed E-state index contributed by atoms with van der Waals surface area (Å²) in [7, 11) is 0. The molecular weight excluding hydrogens is 194 g/mol. The van der Waals surface area contributed by atoms with Crippen molar-refractivity contribution < 1.29 is 4.79 Å². The number of hydrogen-bond acceptors (Lipinski definition) is 3. The van der Waals surface area contributed by atoms with Gasteiger partial charge in [-0.3, -0.25) is 4.79 Å². The van der Waals surface area contributed by atoms with Crippen LogP contribution in [0.4, 0.5) is 0 Å². The Balaban J connectivity index is 2.11. The summed E-state index contributed by atoms with van der Waals surface area (Å²) in [6, 6.07) is 1.95. The molecule has 0 saturated carbocycles. The summed E-state index contributed by atoms with van der Waals surface area (Å²) < 4.78 is 0. The molecule has 1 aliphatic rings. The van der Waals surface area contributed by atoms with Gasteiger partial charge in [0.05, 0.1) is 0 Å². The molecule has 3 heteroatoms. The Labute approximate surface area is 88.3 Å². The molecule has 0 spiro atoms. The van der Waals surface area contributed by atoms with Gasteiger partial charge in [0.15, 0.2) is 5.78 Å². The van der Waals surface area contributed by atoms with Crippen molar-refractivity contribution in [2.24, 2.45) is 11.8 Å². The normalized spacial score (nSPS) is 19.0. The van der Waals surface area contributed by atoms with E-state index in [9.17, 15) is 4.79 Å². The predicted molar refractivity (Wildman–Crippen MR) is 58.9 cm³/mol. The quantitative estimate of drug-likeness (QED) is 0.772. The van der Waals surface area contributed by atoms with Gasteiger partial charge in [-0.2, -0.15) is 0 Å². The fourth-order valence-corrected chi connectivity index (χ4v) is 2.47. The third-order valence-electron chi connectivity index (χ3n) is 3.06. The average Bonchev–Trinajstić information content (AvgIpc) is 2.47. The number of nitrogens with one attached hydrogen (secondary N) is 1. The highest BCUT2D eigenvalue weighted by Gasteiger charge is 2.29. The van der Waals surface area contributed by atoms with Crippen molar-refractivity contribution in [3.8, 4) is 0 Å². The maximum absolute atomic E-state index is 12.0. The lowest BCUT2D eigenvalue weighted by Crippen LogP contribution is -2.47. The zero-order chi connectivity index (χ0) is 10.1. The van der Waals surface area contributed by atoms with Gasteiger partial charge in [0.25, 0.3) is 0 Å². The fraction of sp³-hybridized carbons (Fsp3) is 0.545. The van der Waals surface area contributed by atoms with Gasteiger partial charge in [-0.05, 0) is 37.4 Å². The van der Waals surface area contributed by atoms with Gasteiger partial charge >= 0.3 is 0 Å². The van der Waals surface area contributed by atoms with Crippen LogP contribution in [0.1, 0.15) is 22.2 Å². The van der Waals surface area contributed by atoms with Crippen LogP contribution in [0, 0.1) is 18.8 Å². The van der Waals surface area contributed by atoms with E-state index in [2.05, 4.69) is 5.32 Å². The molecule has 0 radical (unpaired) electrons. The lowest BCUT2D eigenvalue weighted by Gasteiger charge is -2.31. The van der Waals surface area contributed by atoms with Gasteiger partial charge in [0, 0.05) is 16.4 Å². The Hall–Kier alpha value is -0.670. The topological polar surface area (TPSA) is 29.1 Å². The Morgan fingerprint density at radius 1 is 1.64 bits per heavy atom. The van der Waals surface area contributed by atoms with Gasteiger partial charge in [0.2, 0.25) is 0 Å². The first-order valence-electron chi connectivity index (χ1n) is 4.99. The van der Waals surface area contributed by atoms with Crippen molar-refractivity contribution in [3.05, 3.63) is 21.9 Å². The highest BCUT2D eigenvalue weighted by Crippen LogP contribution is 2.24. The molecule has 2 rings (SSSR count). The van der Waals surface area contributed by atoms with Crippen LogP contribution in [0.3, 0.4) is 0 Å². The highest BCUT2D eigenvalue weighted by atomic mass is 32.1. The number of thiophene rings is 1. The smallest absolute Gasteiger partial charge is 0.167 e. The Morgan fingerprint density at radius 2 is 2.36 bits per heavy atom. The standard InChI is InChI=1S/C11H15NOS/c1-7(9-5-12-6-9)11(13)10-3-4-14-8(10)2/h3-4,7,9,12H,5-6H2,1-2H3. The molecule has 14 heavy (non-hydrogen) atoms. The van der Waals surface area contributed by atoms with Gasteiger partial charge in [-0.25, -0.2) is 0 Å². The first-order valence-corrected chi connectivity index (χ1v) is 5.87. The van der Waals surface area contributed by atoms with E-state index in [1.807, 2.05) is 25.3 Å². The molecule has 1 N–H and O–H groups in total. The summed E-state index contributed by atoms with van der Waals surface area (Å²) in [6.45, 7) is 6.06. The van der Waals surface area contributed by atoms with E-state index < -0.39 is 0 Å². The monoisotopic (exact) mass is 209 g/mol. The van der Waals surface area contributed by atoms with E-state index >= 15 is 0 Å². The SMILES string of the molecule is Cc1sccc1C(=O)C(C)C1CNC1. The molecule has 1 aromatic rings. The second-order valence-corrected chi connectivity index (χ2v) is 5.08. The molecule has 2 heterocycles. The third kappa shape index (κ3) is 1.62. The molecule has 2 nitrogen and oxygen atoms in total. The second kappa shape index (κ2) is 3.83. The first kappa shape index (κ1) is 9.87. The van der Waals surface area contributed by atoms with E-state index in [0.29, 0.717) is 11.7 Å². The molecule has 0 bridgehead atoms. The minimum atomic E-state index is 0.171. The van der Waals surface area contributed by atoms with Crippen molar-refractivity contribution in [2.45, 2.75) is 13.8 Å². The molecule has 76 valence electrons. The van der Waals surface area contributed by atoms with Crippen molar-refractivity contribution in [1.82, 2.24) is 5.32 Å². The number of hydrogen-bond donors (Lipinski definition) is 1. The lowest BCUT2D eigenvalue weighted by molar-refractivity contribution is 0.0854. The van der Waals surface area contributed by atoms with Crippen LogP contribution >= 0.6 is 11.3 Å². The molecule has 1 unspecified atom stereocenters. The fourth-order valence-electron chi connectivity index (χ4n) is 1.76. The minimum Gasteiger partial charge on any atom is -0.316 e. The van der Waals surface area contributed by atoms with E-state index in [4.69, 9.17) is 0 Å². The predicted octanol–water partition coefficient (Wildman–Crippen LogP) is 2.09. The molecule has 0 amide bonds. The maximum atomic E-state index is 12.0. The van der Waals surface area contributed by atoms with Crippen molar-refractivity contribution in [2.75, 3.05) is 13.1 Å². The Morgan fingerprint density at radius 3 is 2.79 bits per heavy atom. The molecule has 1 atom stereocenters. The van der Waals surface area contributed by atoms with Crippen LogP contribution in [0.15, 0.2) is 11.4 Å². The summed E-state index contributed by atoms with van der Waals surface area (Å²) in [5.74, 6) is 1.03. The maximum Gasteiger partial charge on any atom is 0.167 e. The van der Waals surface area contributed by atoms with E-state index in [-0.39, 0.29) is 5.92 Å². The number of rotatable bonds is 3. The van der Waals surface area contributed by atoms with Crippen molar-refractivity contribution >= 4 is 17.1 Å². The van der Waals surface area contributed by atoms with E-state index in [0.717, 1.165) is 23.5 Å². The first-order chi connectivity index (χ1) is 6.70. The van der Waals surface area contributed by atoms with Crippen molar-refractivity contribution in [1.29, 1.82) is 0 Å². The molecular formula is C11H15NOS. The molecule has 1 saturated heterocycles. The van der Waals surface area contributed by atoms with E-state index in [1.54, 1.807) is 11.3 Å². The summed E-state index contributed by atoms with van der Waals surface area (Å²) in [5, 5.41) is 5.20. The van der Waals surface area contributed by atoms with Crippen LogP contribution in [0.25, 0.3) is 0 Å². The van der Waals surface area contributed by atoms with Crippen LogP contribution < -0.4 is 5.32 Å². The zero-order valence-corrected chi connectivity index (χ0v) is 9.36. The highest BCUT2D eigenvalue weighted by molar-refractivity contribution is 7.10. The summed E-state index contributed by atoms with van der Waals surface area (Å²) in [6.07, 6.45) is 0. The third-order valence-corrected chi connectivity index (χ3v) is 3.90. The number of carbonyl (C=O) groups excluding carboxylic acids is 1. The molecule has 1 aromatic heterocycles.